The Morgan fingerprint density at radius 1 is 1.06 bits per heavy atom. The lowest BCUT2D eigenvalue weighted by atomic mass is 10.3. The molecule has 1 unspecified atom stereocenters. The molecule has 0 N–H and O–H groups in total. The minimum atomic E-state index is -0.764. The molecule has 0 amide bonds. The summed E-state index contributed by atoms with van der Waals surface area (Å²) in [5.41, 5.74) is 0.853. The number of hydrogen-bond donors (Lipinski definition) is 0. The molecule has 1 aliphatic rings. The number of nitrogens with zero attached hydrogens (tertiary/aromatic N) is 2. The third kappa shape index (κ3) is 1.62. The van der Waals surface area contributed by atoms with E-state index < -0.39 is 10.5 Å². The Morgan fingerprint density at radius 3 is 2.47 bits per heavy atom. The molecule has 4 nitrogen and oxygen atoms in total. The smallest absolute Gasteiger partial charge is 0.267 e. The van der Waals surface area contributed by atoms with Gasteiger partial charge in [-0.25, -0.2) is 14.8 Å². The fourth-order valence-electron chi connectivity index (χ4n) is 1.65. The fourth-order valence-corrected chi connectivity index (χ4v) is 2.71. The molecule has 3 rings (SSSR count). The lowest BCUT2D eigenvalue weighted by molar-refractivity contribution is 0.572. The van der Waals surface area contributed by atoms with Crippen LogP contribution in [0.2, 0.25) is 0 Å². The topological polar surface area (TPSA) is 59.9 Å². The van der Waals surface area contributed by atoms with Crippen molar-refractivity contribution in [1.29, 1.82) is 0 Å². The van der Waals surface area contributed by atoms with Crippen LogP contribution in [0.1, 0.15) is 0 Å². The van der Waals surface area contributed by atoms with E-state index in [9.17, 15) is 9.59 Å². The van der Waals surface area contributed by atoms with Crippen molar-refractivity contribution < 1.29 is 4.79 Å². The highest BCUT2D eigenvalue weighted by Gasteiger charge is 2.04. The molecule has 5 heteroatoms. The molecule has 2 aromatic rings. The van der Waals surface area contributed by atoms with Gasteiger partial charge in [-0.15, -0.1) is 0 Å². The second-order valence-corrected chi connectivity index (χ2v) is 4.89. The quantitative estimate of drug-likeness (QED) is 0.601. The van der Waals surface area contributed by atoms with Gasteiger partial charge in [-0.05, 0) is 17.5 Å². The Hall–Kier alpha value is -2.10. The van der Waals surface area contributed by atoms with E-state index in [2.05, 4.69) is 9.97 Å². The summed E-state index contributed by atoms with van der Waals surface area (Å²) in [5, 5.41) is 6.00. The minimum absolute atomic E-state index is 0.352. The first kappa shape index (κ1) is 10.1. The molecule has 0 radical (unpaired) electrons. The van der Waals surface area contributed by atoms with E-state index in [0.717, 1.165) is 0 Å². The maximum absolute atomic E-state index is 11.9. The van der Waals surface area contributed by atoms with Crippen LogP contribution in [0.25, 0.3) is 21.8 Å². The van der Waals surface area contributed by atoms with E-state index in [1.807, 2.05) is 11.3 Å². The lowest BCUT2D eigenvalue weighted by Gasteiger charge is -1.86. The lowest BCUT2D eigenvalue weighted by Crippen LogP contribution is -2.36. The second-order valence-electron chi connectivity index (χ2n) is 3.51. The Bertz CT molecular complexity index is 868. The van der Waals surface area contributed by atoms with Crippen molar-refractivity contribution in [3.63, 3.8) is 0 Å². The molecule has 0 fully saturated rings. The van der Waals surface area contributed by atoms with Crippen LogP contribution in [-0.2, 0) is 4.79 Å². The summed E-state index contributed by atoms with van der Waals surface area (Å²) in [6.07, 6.45) is 0. The second kappa shape index (κ2) is 3.73. The largest absolute Gasteiger partial charge is 0.280 e. The summed E-state index contributed by atoms with van der Waals surface area (Å²) < 4.78 is 0. The van der Waals surface area contributed by atoms with E-state index in [-0.39, 0.29) is 5.56 Å². The number of aromatic nitrogens is 2. The first-order valence-corrected chi connectivity index (χ1v) is 6.23. The van der Waals surface area contributed by atoms with Gasteiger partial charge in [0.05, 0.1) is 21.6 Å². The molecule has 2 heterocycles. The molecule has 1 aromatic carbocycles. The maximum Gasteiger partial charge on any atom is 0.280 e. The van der Waals surface area contributed by atoms with Gasteiger partial charge in [0.1, 0.15) is 0 Å². The van der Waals surface area contributed by atoms with Crippen molar-refractivity contribution in [2.24, 2.45) is 0 Å². The SMILES string of the molecule is O=C=S1C=c2nc3ccccc3nc(=O)c2=C1. The fraction of sp³-hybridized carbons (Fsp3) is 0. The van der Waals surface area contributed by atoms with Crippen LogP contribution >= 0.6 is 10.5 Å². The van der Waals surface area contributed by atoms with Gasteiger partial charge in [0, 0.05) is 5.41 Å². The van der Waals surface area contributed by atoms with Gasteiger partial charge in [-0.2, -0.15) is 0 Å². The number of hydrogen-bond acceptors (Lipinski definition) is 4. The molecule has 1 aromatic heterocycles. The van der Waals surface area contributed by atoms with Crippen molar-refractivity contribution in [1.82, 2.24) is 9.97 Å². The van der Waals surface area contributed by atoms with E-state index >= 15 is 0 Å². The molecule has 82 valence electrons. The van der Waals surface area contributed by atoms with Crippen LogP contribution in [0.4, 0.5) is 0 Å². The van der Waals surface area contributed by atoms with Gasteiger partial charge >= 0.3 is 0 Å². The summed E-state index contributed by atoms with van der Waals surface area (Å²) in [5.74, 6) is 0. The zero-order valence-corrected chi connectivity index (χ0v) is 9.40. The van der Waals surface area contributed by atoms with Crippen molar-refractivity contribution in [3.05, 3.63) is 45.2 Å². The van der Waals surface area contributed by atoms with Crippen molar-refractivity contribution in [2.75, 3.05) is 0 Å². The van der Waals surface area contributed by atoms with Crippen LogP contribution < -0.4 is 16.1 Å². The molecular weight excluding hydrogens is 236 g/mol. The van der Waals surface area contributed by atoms with Gasteiger partial charge in [0.15, 0.2) is 5.23 Å². The Balaban J connectivity index is 2.63. The van der Waals surface area contributed by atoms with E-state index in [4.69, 9.17) is 0 Å². The standard InChI is InChI=1S/C12H6N2O2S/c15-7-17-5-8-11(6-17)13-9-3-1-2-4-10(9)14-12(8)16/h1-6H. The number of fused-ring (bicyclic) bond motifs is 2. The maximum atomic E-state index is 11.9. The highest BCUT2D eigenvalue weighted by molar-refractivity contribution is 8.27. The summed E-state index contributed by atoms with van der Waals surface area (Å²) in [6, 6.07) is 7.17. The van der Waals surface area contributed by atoms with Crippen LogP contribution in [0.15, 0.2) is 29.1 Å². The normalized spacial score (nSPS) is 16.8. The highest BCUT2D eigenvalue weighted by atomic mass is 32.2. The van der Waals surface area contributed by atoms with Gasteiger partial charge < -0.3 is 0 Å². The number of para-hydroxylation sites is 2. The van der Waals surface area contributed by atoms with Crippen molar-refractivity contribution in [2.45, 2.75) is 0 Å². The summed E-state index contributed by atoms with van der Waals surface area (Å²) >= 11 is 0. The molecule has 0 saturated heterocycles. The number of benzene rings is 1. The van der Waals surface area contributed by atoms with Gasteiger partial charge in [0.2, 0.25) is 0 Å². The average molecular weight is 242 g/mol. The van der Waals surface area contributed by atoms with Crippen molar-refractivity contribution >= 4 is 37.6 Å². The van der Waals surface area contributed by atoms with E-state index in [0.29, 0.717) is 21.6 Å². The summed E-state index contributed by atoms with van der Waals surface area (Å²) in [6.45, 7) is 0. The molecule has 0 aliphatic carbocycles. The first-order valence-electron chi connectivity index (χ1n) is 4.88. The molecule has 1 atom stereocenters. The van der Waals surface area contributed by atoms with E-state index in [1.165, 1.54) is 0 Å². The van der Waals surface area contributed by atoms with Crippen LogP contribution in [0, 0.1) is 0 Å². The van der Waals surface area contributed by atoms with Crippen LogP contribution in [0.5, 0.6) is 0 Å². The Labute approximate surface area is 97.9 Å². The molecule has 17 heavy (non-hydrogen) atoms. The monoisotopic (exact) mass is 242 g/mol. The molecule has 0 saturated carbocycles. The van der Waals surface area contributed by atoms with Gasteiger partial charge in [0.25, 0.3) is 5.56 Å². The zero-order valence-electron chi connectivity index (χ0n) is 8.58. The highest BCUT2D eigenvalue weighted by Crippen LogP contribution is 2.14. The predicted octanol–water partition coefficient (Wildman–Crippen LogP) is -0.184. The molecular formula is C12H6N2O2S. The van der Waals surface area contributed by atoms with Gasteiger partial charge in [-0.3, -0.25) is 4.79 Å². The van der Waals surface area contributed by atoms with Crippen LogP contribution in [-0.4, -0.2) is 15.2 Å². The summed E-state index contributed by atoms with van der Waals surface area (Å²) in [4.78, 5) is 30.8. The first-order chi connectivity index (χ1) is 8.28. The van der Waals surface area contributed by atoms with Gasteiger partial charge in [-0.1, -0.05) is 22.6 Å². The third-order valence-corrected chi connectivity index (χ3v) is 3.59. The summed E-state index contributed by atoms with van der Waals surface area (Å²) in [7, 11) is -0.764. The number of carbonyl (C=O) groups excluding carboxylic acids is 1. The third-order valence-electron chi connectivity index (χ3n) is 2.43. The minimum Gasteiger partial charge on any atom is -0.267 e. The molecule has 0 spiro atoms. The molecule has 1 aliphatic heterocycles. The van der Waals surface area contributed by atoms with Crippen LogP contribution in [0.3, 0.4) is 0 Å². The number of rotatable bonds is 0. The van der Waals surface area contributed by atoms with Crippen molar-refractivity contribution in [3.8, 4) is 0 Å². The Morgan fingerprint density at radius 2 is 1.76 bits per heavy atom. The zero-order chi connectivity index (χ0) is 11.8. The predicted molar refractivity (Wildman–Crippen MR) is 67.3 cm³/mol. The Kier molecular flexibility index (Phi) is 2.21. The molecule has 0 bridgehead atoms. The van der Waals surface area contributed by atoms with E-state index in [1.54, 1.807) is 29.0 Å². The average Bonchev–Trinajstić information content (AvgIpc) is 2.69.